The lowest BCUT2D eigenvalue weighted by molar-refractivity contribution is 0.0378. The minimum absolute atomic E-state index is 0.0949. The number of benzene rings is 1. The van der Waals surface area contributed by atoms with Crippen molar-refractivity contribution in [3.63, 3.8) is 0 Å². The van der Waals surface area contributed by atoms with Crippen LogP contribution in [0.25, 0.3) is 10.6 Å². The monoisotopic (exact) mass is 492 g/mol. The van der Waals surface area contributed by atoms with E-state index in [1.165, 1.54) is 11.3 Å². The number of thiazole rings is 1. The number of thiophene rings is 1. The van der Waals surface area contributed by atoms with Gasteiger partial charge in [0.2, 0.25) is 0 Å². The number of fused-ring (bicyclic) bond motifs is 3. The summed E-state index contributed by atoms with van der Waals surface area (Å²) in [4.78, 5) is 41.3. The Morgan fingerprint density at radius 3 is 2.70 bits per heavy atom. The number of nitrogens with zero attached hydrogens (tertiary/aromatic N) is 4. The molecule has 2 aliphatic heterocycles. The molecule has 0 saturated carbocycles. The second kappa shape index (κ2) is 7.48. The van der Waals surface area contributed by atoms with E-state index in [9.17, 15) is 9.59 Å². The van der Waals surface area contributed by atoms with Crippen LogP contribution in [0, 0.1) is 6.92 Å². The number of aromatic nitrogens is 2. The lowest BCUT2D eigenvalue weighted by Crippen LogP contribution is -2.51. The highest BCUT2D eigenvalue weighted by molar-refractivity contribution is 7.17. The molecule has 1 aromatic carbocycles. The highest BCUT2D eigenvalue weighted by Crippen LogP contribution is 2.50. The molecule has 0 aliphatic carbocycles. The molecule has 6 nitrogen and oxygen atoms in total. The normalized spacial score (nSPS) is 19.2. The first-order valence-corrected chi connectivity index (χ1v) is 12.4. The molecule has 0 spiro atoms. The standard InChI is InChI=1S/C24H17ClN4O2S2/c1-14-27-19(13-32-14)20-6-7-21(33-20)23(31)29-11-10-28-22(30)17-8-9-26-12-18(17)24(28,29)15-2-4-16(25)5-3-15/h2-9,12-13H,10-11H2,1H3. The van der Waals surface area contributed by atoms with Crippen molar-refractivity contribution < 1.29 is 9.59 Å². The minimum atomic E-state index is -1.05. The second-order valence-corrected chi connectivity index (χ2v) is 10.5. The lowest BCUT2D eigenvalue weighted by atomic mass is 9.91. The Morgan fingerprint density at radius 1 is 1.12 bits per heavy atom. The van der Waals surface area contributed by atoms with Gasteiger partial charge in [0.1, 0.15) is 0 Å². The van der Waals surface area contributed by atoms with Crippen LogP contribution in [0.1, 0.15) is 36.2 Å². The summed E-state index contributed by atoms with van der Waals surface area (Å²) < 4.78 is 0. The average Bonchev–Trinajstić information content (AvgIpc) is 3.59. The van der Waals surface area contributed by atoms with Gasteiger partial charge in [-0.15, -0.1) is 22.7 Å². The van der Waals surface area contributed by atoms with Gasteiger partial charge in [0.25, 0.3) is 11.8 Å². The Bertz CT molecular complexity index is 1410. The molecule has 2 aliphatic rings. The molecule has 164 valence electrons. The molecule has 1 unspecified atom stereocenters. The first-order chi connectivity index (χ1) is 16.0. The molecule has 1 saturated heterocycles. The van der Waals surface area contributed by atoms with Crippen molar-refractivity contribution in [1.82, 2.24) is 19.8 Å². The van der Waals surface area contributed by atoms with E-state index in [1.54, 1.807) is 51.7 Å². The fraction of sp³-hybridized carbons (Fsp3) is 0.167. The van der Waals surface area contributed by atoms with Crippen molar-refractivity contribution in [2.75, 3.05) is 13.1 Å². The van der Waals surface area contributed by atoms with E-state index in [0.717, 1.165) is 26.7 Å². The predicted molar refractivity (Wildman–Crippen MR) is 129 cm³/mol. The van der Waals surface area contributed by atoms with E-state index in [-0.39, 0.29) is 11.8 Å². The lowest BCUT2D eigenvalue weighted by Gasteiger charge is -2.40. The molecule has 0 N–H and O–H groups in total. The molecule has 2 amide bonds. The summed E-state index contributed by atoms with van der Waals surface area (Å²) in [5, 5.41) is 3.58. The maximum absolute atomic E-state index is 13.9. The highest BCUT2D eigenvalue weighted by Gasteiger charge is 2.60. The van der Waals surface area contributed by atoms with E-state index in [4.69, 9.17) is 11.6 Å². The van der Waals surface area contributed by atoms with Gasteiger partial charge in [0.15, 0.2) is 5.66 Å². The summed E-state index contributed by atoms with van der Waals surface area (Å²) >= 11 is 9.17. The van der Waals surface area contributed by atoms with Gasteiger partial charge >= 0.3 is 0 Å². The van der Waals surface area contributed by atoms with Crippen molar-refractivity contribution >= 4 is 46.1 Å². The van der Waals surface area contributed by atoms with Crippen LogP contribution in [0.15, 0.2) is 60.2 Å². The van der Waals surface area contributed by atoms with Crippen LogP contribution < -0.4 is 0 Å². The van der Waals surface area contributed by atoms with Crippen molar-refractivity contribution in [2.45, 2.75) is 12.6 Å². The summed E-state index contributed by atoms with van der Waals surface area (Å²) in [6, 6.07) is 12.8. The van der Waals surface area contributed by atoms with Crippen LogP contribution in [0.3, 0.4) is 0 Å². The van der Waals surface area contributed by atoms with Crippen molar-refractivity contribution in [3.05, 3.63) is 91.8 Å². The predicted octanol–water partition coefficient (Wildman–Crippen LogP) is 5.04. The summed E-state index contributed by atoms with van der Waals surface area (Å²) in [6.45, 7) is 2.82. The fourth-order valence-corrected chi connectivity index (χ4v) is 6.54. The molecular weight excluding hydrogens is 476 g/mol. The van der Waals surface area contributed by atoms with E-state index in [2.05, 4.69) is 9.97 Å². The van der Waals surface area contributed by atoms with E-state index in [1.807, 2.05) is 36.6 Å². The molecule has 0 bridgehead atoms. The zero-order valence-corrected chi connectivity index (χ0v) is 19.9. The number of carbonyl (C=O) groups excluding carboxylic acids is 2. The van der Waals surface area contributed by atoms with E-state index in [0.29, 0.717) is 28.6 Å². The number of rotatable bonds is 3. The Labute approximate surface area is 203 Å². The van der Waals surface area contributed by atoms with E-state index >= 15 is 0 Å². The maximum atomic E-state index is 13.9. The molecule has 3 aromatic heterocycles. The Hall–Kier alpha value is -3.07. The zero-order chi connectivity index (χ0) is 22.7. The van der Waals surface area contributed by atoms with Crippen LogP contribution in [0.4, 0.5) is 0 Å². The Balaban J connectivity index is 1.49. The summed E-state index contributed by atoms with van der Waals surface area (Å²) in [5.74, 6) is -0.220. The quantitative estimate of drug-likeness (QED) is 0.402. The molecule has 4 aromatic rings. The Morgan fingerprint density at radius 2 is 1.94 bits per heavy atom. The molecule has 5 heterocycles. The molecular formula is C24H17ClN4O2S2. The topological polar surface area (TPSA) is 66.4 Å². The van der Waals surface area contributed by atoms with Gasteiger partial charge < -0.3 is 9.80 Å². The van der Waals surface area contributed by atoms with Crippen LogP contribution >= 0.6 is 34.3 Å². The van der Waals surface area contributed by atoms with Crippen LogP contribution in [-0.4, -0.2) is 44.7 Å². The largest absolute Gasteiger partial charge is 0.306 e. The third-order valence-corrected chi connectivity index (χ3v) is 8.30. The number of aryl methyl sites for hydroxylation is 1. The fourth-order valence-electron chi connectivity index (χ4n) is 4.81. The van der Waals surface area contributed by atoms with Gasteiger partial charge in [-0.25, -0.2) is 4.98 Å². The van der Waals surface area contributed by atoms with Crippen LogP contribution in [0.5, 0.6) is 0 Å². The van der Waals surface area contributed by atoms with Gasteiger partial charge in [-0.3, -0.25) is 14.6 Å². The van der Waals surface area contributed by atoms with Gasteiger partial charge in [0, 0.05) is 47.0 Å². The average molecular weight is 493 g/mol. The minimum Gasteiger partial charge on any atom is -0.306 e. The summed E-state index contributed by atoms with van der Waals surface area (Å²) in [5.41, 5.74) is 1.92. The summed E-state index contributed by atoms with van der Waals surface area (Å²) in [7, 11) is 0. The first-order valence-electron chi connectivity index (χ1n) is 10.4. The van der Waals surface area contributed by atoms with Crippen molar-refractivity contribution in [1.29, 1.82) is 0 Å². The van der Waals surface area contributed by atoms with Gasteiger partial charge in [-0.2, -0.15) is 0 Å². The number of amides is 2. The van der Waals surface area contributed by atoms with Gasteiger partial charge in [-0.05, 0) is 37.3 Å². The number of halogens is 1. The molecule has 6 rings (SSSR count). The first kappa shape index (κ1) is 20.5. The van der Waals surface area contributed by atoms with Gasteiger partial charge in [0.05, 0.1) is 26.0 Å². The number of carbonyl (C=O) groups is 2. The summed E-state index contributed by atoms with van der Waals surface area (Å²) in [6.07, 6.45) is 3.31. The molecule has 33 heavy (non-hydrogen) atoms. The second-order valence-electron chi connectivity index (χ2n) is 7.93. The molecule has 1 fully saturated rings. The highest BCUT2D eigenvalue weighted by atomic mass is 35.5. The van der Waals surface area contributed by atoms with Crippen LogP contribution in [0.2, 0.25) is 5.02 Å². The van der Waals surface area contributed by atoms with Crippen molar-refractivity contribution in [2.24, 2.45) is 0 Å². The number of hydrogen-bond donors (Lipinski definition) is 0. The smallest absolute Gasteiger partial charge is 0.266 e. The van der Waals surface area contributed by atoms with Gasteiger partial charge in [-0.1, -0.05) is 23.7 Å². The van der Waals surface area contributed by atoms with Crippen LogP contribution in [-0.2, 0) is 5.66 Å². The third kappa shape index (κ3) is 2.91. The third-order valence-electron chi connectivity index (χ3n) is 6.18. The number of hydrogen-bond acceptors (Lipinski definition) is 6. The molecule has 9 heteroatoms. The Kier molecular flexibility index (Phi) is 4.65. The molecule has 1 atom stereocenters. The zero-order valence-electron chi connectivity index (χ0n) is 17.5. The van der Waals surface area contributed by atoms with E-state index < -0.39 is 5.66 Å². The SMILES string of the molecule is Cc1nc(-c2ccc(C(=O)N3CCN4C(=O)c5ccncc5C34c3ccc(Cl)cc3)s2)cs1. The maximum Gasteiger partial charge on any atom is 0.266 e. The van der Waals surface area contributed by atoms with Crippen molar-refractivity contribution in [3.8, 4) is 10.6 Å². The molecule has 0 radical (unpaired) electrons. The number of pyridine rings is 1.